The maximum Gasteiger partial charge on any atom is 0.335 e. The largest absolute Gasteiger partial charge is 0.464 e. The fourth-order valence-corrected chi connectivity index (χ4v) is 2.67. The van der Waals surface area contributed by atoms with E-state index in [0.29, 0.717) is 13.2 Å². The van der Waals surface area contributed by atoms with E-state index in [0.717, 1.165) is 57.8 Å². The minimum Gasteiger partial charge on any atom is -0.464 e. The van der Waals surface area contributed by atoms with Gasteiger partial charge in [-0.1, -0.05) is 67.7 Å². The molecule has 1 atom stereocenters. The summed E-state index contributed by atoms with van der Waals surface area (Å²) in [6, 6.07) is 0. The van der Waals surface area contributed by atoms with Crippen LogP contribution in [0, 0.1) is 0 Å². The Labute approximate surface area is 179 Å². The molecule has 0 aliphatic carbocycles. The summed E-state index contributed by atoms with van der Waals surface area (Å²) in [4.78, 5) is 11.8. The van der Waals surface area contributed by atoms with Crippen LogP contribution in [0.3, 0.4) is 0 Å². The third kappa shape index (κ3) is 19.2. The van der Waals surface area contributed by atoms with E-state index >= 15 is 0 Å². The van der Waals surface area contributed by atoms with Gasteiger partial charge in [0.15, 0.2) is 6.10 Å². The molecule has 164 valence electrons. The predicted molar refractivity (Wildman–Crippen MR) is 125 cm³/mol. The van der Waals surface area contributed by atoms with Crippen molar-refractivity contribution >= 4 is 5.97 Å². The van der Waals surface area contributed by atoms with E-state index in [-0.39, 0.29) is 5.97 Å². The second-order valence-corrected chi connectivity index (χ2v) is 6.69. The lowest BCUT2D eigenvalue weighted by Gasteiger charge is -2.14. The van der Waals surface area contributed by atoms with Gasteiger partial charge in [-0.2, -0.15) is 0 Å². The van der Waals surface area contributed by atoms with E-state index in [1.165, 1.54) is 0 Å². The van der Waals surface area contributed by atoms with Crippen molar-refractivity contribution in [2.75, 3.05) is 13.2 Å². The first-order chi connectivity index (χ1) is 14.3. The minimum atomic E-state index is -0.409. The highest BCUT2D eigenvalue weighted by molar-refractivity contribution is 5.74. The molecule has 0 spiro atoms. The van der Waals surface area contributed by atoms with E-state index in [1.54, 1.807) is 0 Å². The molecule has 3 heteroatoms. The van der Waals surface area contributed by atoms with Gasteiger partial charge in [-0.25, -0.2) is 4.79 Å². The summed E-state index contributed by atoms with van der Waals surface area (Å²) < 4.78 is 10.5. The summed E-state index contributed by atoms with van der Waals surface area (Å²) in [5.74, 6) is -0.232. The van der Waals surface area contributed by atoms with Crippen LogP contribution in [0.25, 0.3) is 0 Å². The molecule has 0 fully saturated rings. The zero-order valence-corrected chi connectivity index (χ0v) is 18.9. The van der Waals surface area contributed by atoms with Crippen molar-refractivity contribution in [2.24, 2.45) is 0 Å². The van der Waals surface area contributed by atoms with E-state index in [1.807, 2.05) is 13.8 Å². The summed E-state index contributed by atoms with van der Waals surface area (Å²) in [7, 11) is 0. The lowest BCUT2D eigenvalue weighted by Crippen LogP contribution is -2.26. The Hall–Kier alpha value is -1.87. The minimum absolute atomic E-state index is 0.232. The van der Waals surface area contributed by atoms with E-state index < -0.39 is 6.10 Å². The number of hydrogen-bond acceptors (Lipinski definition) is 3. The topological polar surface area (TPSA) is 35.5 Å². The molecule has 29 heavy (non-hydrogen) atoms. The summed E-state index contributed by atoms with van der Waals surface area (Å²) in [6.07, 6.45) is 30.6. The van der Waals surface area contributed by atoms with E-state index in [2.05, 4.69) is 67.7 Å². The van der Waals surface area contributed by atoms with Crippen LogP contribution in [-0.2, 0) is 14.3 Å². The zero-order valence-electron chi connectivity index (χ0n) is 18.9. The highest BCUT2D eigenvalue weighted by Gasteiger charge is 2.18. The predicted octanol–water partition coefficient (Wildman–Crippen LogP) is 7.27. The van der Waals surface area contributed by atoms with Gasteiger partial charge in [0.1, 0.15) is 0 Å². The Bertz CT molecular complexity index is 512. The van der Waals surface area contributed by atoms with Crippen LogP contribution < -0.4 is 0 Å². The Morgan fingerprint density at radius 2 is 1.21 bits per heavy atom. The summed E-state index contributed by atoms with van der Waals surface area (Å²) in [5.41, 5.74) is 0. The molecule has 0 aliphatic heterocycles. The van der Waals surface area contributed by atoms with Crippen LogP contribution in [0.2, 0.25) is 0 Å². The van der Waals surface area contributed by atoms with Crippen molar-refractivity contribution in [3.05, 3.63) is 60.8 Å². The molecule has 3 nitrogen and oxygen atoms in total. The van der Waals surface area contributed by atoms with Crippen molar-refractivity contribution in [1.29, 1.82) is 0 Å². The molecule has 0 saturated heterocycles. The van der Waals surface area contributed by atoms with Gasteiger partial charge >= 0.3 is 5.97 Å². The number of ether oxygens (including phenoxy) is 2. The monoisotopic (exact) mass is 402 g/mol. The Morgan fingerprint density at radius 3 is 1.69 bits per heavy atom. The van der Waals surface area contributed by atoms with Crippen molar-refractivity contribution < 1.29 is 14.3 Å². The first kappa shape index (κ1) is 27.1. The Morgan fingerprint density at radius 1 is 0.690 bits per heavy atom. The van der Waals surface area contributed by atoms with Gasteiger partial charge in [0.2, 0.25) is 0 Å². The number of rotatable bonds is 18. The lowest BCUT2D eigenvalue weighted by molar-refractivity contribution is -0.156. The molecule has 1 unspecified atom stereocenters. The highest BCUT2D eigenvalue weighted by Crippen LogP contribution is 2.09. The fourth-order valence-electron chi connectivity index (χ4n) is 2.67. The normalized spacial score (nSPS) is 13.6. The molecule has 0 amide bonds. The summed E-state index contributed by atoms with van der Waals surface area (Å²) >= 11 is 0. The van der Waals surface area contributed by atoms with Gasteiger partial charge in [-0.3, -0.25) is 0 Å². The number of carbonyl (C=O) groups is 1. The van der Waals surface area contributed by atoms with Gasteiger partial charge in [0, 0.05) is 6.61 Å². The van der Waals surface area contributed by atoms with E-state index in [9.17, 15) is 4.79 Å². The Kier molecular flexibility index (Phi) is 21.0. The number of allylic oxidation sites excluding steroid dienone is 10. The quantitative estimate of drug-likeness (QED) is 0.137. The molecule has 0 heterocycles. The maximum atomic E-state index is 11.8. The molecular weight excluding hydrogens is 360 g/mol. The molecule has 0 aromatic carbocycles. The van der Waals surface area contributed by atoms with Crippen LogP contribution in [-0.4, -0.2) is 25.3 Å². The van der Waals surface area contributed by atoms with Crippen LogP contribution in [0.4, 0.5) is 0 Å². The van der Waals surface area contributed by atoms with Crippen molar-refractivity contribution in [3.63, 3.8) is 0 Å². The van der Waals surface area contributed by atoms with E-state index in [4.69, 9.17) is 9.47 Å². The van der Waals surface area contributed by atoms with Gasteiger partial charge in [0.25, 0.3) is 0 Å². The van der Waals surface area contributed by atoms with Crippen LogP contribution in [0.15, 0.2) is 60.8 Å². The van der Waals surface area contributed by atoms with Crippen molar-refractivity contribution in [1.82, 2.24) is 0 Å². The molecule has 0 radical (unpaired) electrons. The summed E-state index contributed by atoms with van der Waals surface area (Å²) in [5, 5.41) is 0. The number of carbonyl (C=O) groups excluding carboxylic acids is 1. The van der Waals surface area contributed by atoms with Crippen LogP contribution >= 0.6 is 0 Å². The number of unbranched alkanes of at least 4 members (excludes halogenated alkanes) is 2. The third-order valence-electron chi connectivity index (χ3n) is 4.16. The second-order valence-electron chi connectivity index (χ2n) is 6.69. The fraction of sp³-hybridized carbons (Fsp3) is 0.577. The smallest absolute Gasteiger partial charge is 0.335 e. The maximum absolute atomic E-state index is 11.8. The second kappa shape index (κ2) is 22.4. The highest BCUT2D eigenvalue weighted by atomic mass is 16.6. The lowest BCUT2D eigenvalue weighted by atomic mass is 10.1. The molecule has 0 N–H and O–H groups in total. The molecule has 0 aromatic rings. The number of hydrogen-bond donors (Lipinski definition) is 0. The molecular formula is C26H42O3. The standard InChI is InChI=1S/C26H42O3/c1-4-7-8-9-10-11-12-13-14-15-16-17-18-19-20-21-22-23-24-25(28-5-2)26(27)29-6-3/h7-8,10-11,13-14,16-17,19-20,25H,4-6,9,12,15,18,21-24H2,1-3H3/b8-7-,11-10-,14-13-,17-16-,20-19-. The average Bonchev–Trinajstić information content (AvgIpc) is 2.72. The van der Waals surface area contributed by atoms with Crippen molar-refractivity contribution in [3.8, 4) is 0 Å². The van der Waals surface area contributed by atoms with Crippen molar-refractivity contribution in [2.45, 2.75) is 84.7 Å². The molecule has 0 rings (SSSR count). The molecule has 0 bridgehead atoms. The average molecular weight is 403 g/mol. The number of esters is 1. The summed E-state index contributed by atoms with van der Waals surface area (Å²) in [6.45, 7) is 6.83. The first-order valence-electron chi connectivity index (χ1n) is 11.3. The third-order valence-corrected chi connectivity index (χ3v) is 4.16. The van der Waals surface area contributed by atoms with Crippen LogP contribution in [0.1, 0.15) is 78.6 Å². The molecule has 0 aromatic heterocycles. The first-order valence-corrected chi connectivity index (χ1v) is 11.3. The zero-order chi connectivity index (χ0) is 21.4. The van der Waals surface area contributed by atoms with Gasteiger partial charge in [-0.15, -0.1) is 0 Å². The van der Waals surface area contributed by atoms with Gasteiger partial charge < -0.3 is 9.47 Å². The van der Waals surface area contributed by atoms with Gasteiger partial charge in [0.05, 0.1) is 6.61 Å². The van der Waals surface area contributed by atoms with Gasteiger partial charge in [-0.05, 0) is 71.6 Å². The Balaban J connectivity index is 3.69. The molecule has 0 saturated carbocycles. The SMILES string of the molecule is CC/C=C\C/C=C\C/C=C\C/C=C\C/C=C\CCCCC(OCC)C(=O)OCC. The van der Waals surface area contributed by atoms with Crippen LogP contribution in [0.5, 0.6) is 0 Å². The molecule has 0 aliphatic rings.